The van der Waals surface area contributed by atoms with E-state index < -0.39 is 0 Å². The second-order valence-electron chi connectivity index (χ2n) is 3.37. The van der Waals surface area contributed by atoms with Crippen molar-refractivity contribution in [3.05, 3.63) is 34.5 Å². The maximum absolute atomic E-state index is 11.4. The zero-order valence-electron chi connectivity index (χ0n) is 9.33. The molecular weight excluding hydrogens is 220 g/mol. The third kappa shape index (κ3) is 4.96. The minimum atomic E-state index is -0.0833. The summed E-state index contributed by atoms with van der Waals surface area (Å²) in [7, 11) is 0. The molecule has 7 nitrogen and oxygen atoms in total. The fourth-order valence-electron chi connectivity index (χ4n) is 1.18. The summed E-state index contributed by atoms with van der Waals surface area (Å²) in [5, 5.41) is 6.09. The van der Waals surface area contributed by atoms with Crippen LogP contribution in [0.15, 0.2) is 23.4 Å². The summed E-state index contributed by atoms with van der Waals surface area (Å²) >= 11 is 0. The first-order valence-electron chi connectivity index (χ1n) is 5.22. The second-order valence-corrected chi connectivity index (χ2v) is 3.37. The minimum absolute atomic E-state index is 0.0833. The molecule has 1 rings (SSSR count). The lowest BCUT2D eigenvalue weighted by Crippen LogP contribution is -2.13. The van der Waals surface area contributed by atoms with Gasteiger partial charge in [-0.3, -0.25) is 9.78 Å². The number of aromatic nitrogens is 1. The first kappa shape index (κ1) is 13.0. The quantitative estimate of drug-likeness (QED) is 0.442. The molecule has 0 saturated carbocycles. The van der Waals surface area contributed by atoms with Crippen molar-refractivity contribution in [2.75, 3.05) is 11.9 Å². The van der Waals surface area contributed by atoms with Gasteiger partial charge in [0.25, 0.3) is 0 Å². The van der Waals surface area contributed by atoms with Crippen LogP contribution in [0, 0.1) is 0 Å². The maximum Gasteiger partial charge on any atom is 0.224 e. The van der Waals surface area contributed by atoms with Gasteiger partial charge in [0, 0.05) is 17.0 Å². The molecule has 0 aliphatic heterocycles. The Hall–Kier alpha value is -2.11. The van der Waals surface area contributed by atoms with Gasteiger partial charge in [0.1, 0.15) is 0 Å². The molecule has 0 aliphatic rings. The van der Waals surface area contributed by atoms with Gasteiger partial charge < -0.3 is 11.1 Å². The highest BCUT2D eigenvalue weighted by Gasteiger charge is 2.01. The molecule has 1 aromatic rings. The molecule has 0 aromatic carbocycles. The lowest BCUT2D eigenvalue weighted by Gasteiger charge is -2.04. The van der Waals surface area contributed by atoms with Crippen molar-refractivity contribution in [2.45, 2.75) is 19.4 Å². The van der Waals surface area contributed by atoms with Crippen molar-refractivity contribution in [3.8, 4) is 0 Å². The normalized spacial score (nSPS) is 9.47. The first-order chi connectivity index (χ1) is 8.26. The maximum atomic E-state index is 11.4. The number of nitrogens with two attached hydrogens (primary N) is 1. The van der Waals surface area contributed by atoms with E-state index in [4.69, 9.17) is 11.3 Å². The Kier molecular flexibility index (Phi) is 5.50. The Balaban J connectivity index is 2.50. The molecule has 0 saturated heterocycles. The van der Waals surface area contributed by atoms with E-state index in [1.54, 1.807) is 12.1 Å². The van der Waals surface area contributed by atoms with E-state index in [0.717, 1.165) is 0 Å². The van der Waals surface area contributed by atoms with Gasteiger partial charge in [0.2, 0.25) is 5.91 Å². The van der Waals surface area contributed by atoms with Crippen LogP contribution in [0.5, 0.6) is 0 Å². The number of azide groups is 1. The van der Waals surface area contributed by atoms with Crippen molar-refractivity contribution < 1.29 is 4.79 Å². The van der Waals surface area contributed by atoms with Crippen molar-refractivity contribution in [1.29, 1.82) is 0 Å². The molecule has 3 N–H and O–H groups in total. The van der Waals surface area contributed by atoms with E-state index in [1.165, 1.54) is 6.20 Å². The van der Waals surface area contributed by atoms with Crippen LogP contribution in [0.4, 0.5) is 5.69 Å². The average molecular weight is 234 g/mol. The van der Waals surface area contributed by atoms with Crippen LogP contribution in [0.1, 0.15) is 18.5 Å². The van der Waals surface area contributed by atoms with Crippen molar-refractivity contribution in [1.82, 2.24) is 4.98 Å². The third-order valence-corrected chi connectivity index (χ3v) is 2.01. The standard InChI is InChI=1S/C10H14N6O/c11-5-1-2-10(17)15-9-4-3-8(13-6-9)7-14-16-12/h3-4,6H,1-2,5,7,11H2,(H,15,17). The van der Waals surface area contributed by atoms with E-state index in [2.05, 4.69) is 20.3 Å². The largest absolute Gasteiger partial charge is 0.330 e. The zero-order chi connectivity index (χ0) is 12.5. The van der Waals surface area contributed by atoms with E-state index in [1.807, 2.05) is 0 Å². The smallest absolute Gasteiger partial charge is 0.224 e. The number of pyridine rings is 1. The monoisotopic (exact) mass is 234 g/mol. The van der Waals surface area contributed by atoms with Crippen molar-refractivity contribution >= 4 is 11.6 Å². The molecule has 0 fully saturated rings. The SMILES string of the molecule is [N-]=[N+]=NCc1ccc(NC(=O)CCCN)cn1. The van der Waals surface area contributed by atoms with E-state index in [0.29, 0.717) is 30.8 Å². The number of carbonyl (C=O) groups is 1. The number of nitrogens with one attached hydrogen (secondary N) is 1. The van der Waals surface area contributed by atoms with Crippen LogP contribution in [0.3, 0.4) is 0 Å². The predicted octanol–water partition coefficient (Wildman–Crippen LogP) is 1.57. The highest BCUT2D eigenvalue weighted by Crippen LogP contribution is 2.07. The summed E-state index contributed by atoms with van der Waals surface area (Å²) < 4.78 is 0. The zero-order valence-corrected chi connectivity index (χ0v) is 9.33. The Morgan fingerprint density at radius 1 is 1.59 bits per heavy atom. The molecule has 0 radical (unpaired) electrons. The summed E-state index contributed by atoms with van der Waals surface area (Å²) in [6.07, 6.45) is 2.59. The number of anilines is 1. The molecule has 1 amide bonds. The highest BCUT2D eigenvalue weighted by molar-refractivity contribution is 5.90. The molecule has 0 bridgehead atoms. The van der Waals surface area contributed by atoms with Gasteiger partial charge >= 0.3 is 0 Å². The van der Waals surface area contributed by atoms with Crippen LogP contribution < -0.4 is 11.1 Å². The minimum Gasteiger partial charge on any atom is -0.330 e. The number of carbonyl (C=O) groups excluding carboxylic acids is 1. The second kappa shape index (κ2) is 7.21. The number of amides is 1. The van der Waals surface area contributed by atoms with Crippen LogP contribution in [-0.2, 0) is 11.3 Å². The Bertz CT molecular complexity index is 409. The van der Waals surface area contributed by atoms with E-state index in [-0.39, 0.29) is 12.5 Å². The van der Waals surface area contributed by atoms with E-state index in [9.17, 15) is 4.79 Å². The van der Waals surface area contributed by atoms with Gasteiger partial charge in [-0.05, 0) is 30.6 Å². The fourth-order valence-corrected chi connectivity index (χ4v) is 1.18. The highest BCUT2D eigenvalue weighted by atomic mass is 16.1. The van der Waals surface area contributed by atoms with Gasteiger partial charge in [0.15, 0.2) is 0 Å². The van der Waals surface area contributed by atoms with Crippen molar-refractivity contribution in [3.63, 3.8) is 0 Å². The molecule has 0 atom stereocenters. The lowest BCUT2D eigenvalue weighted by atomic mass is 10.3. The topological polar surface area (TPSA) is 117 Å². The fraction of sp³-hybridized carbons (Fsp3) is 0.400. The Morgan fingerprint density at radius 2 is 2.41 bits per heavy atom. The Morgan fingerprint density at radius 3 is 3.00 bits per heavy atom. The molecule has 1 aromatic heterocycles. The number of hydrogen-bond acceptors (Lipinski definition) is 4. The molecule has 1 heterocycles. The molecule has 90 valence electrons. The number of rotatable bonds is 6. The van der Waals surface area contributed by atoms with Gasteiger partial charge in [-0.25, -0.2) is 0 Å². The van der Waals surface area contributed by atoms with Gasteiger partial charge in [-0.15, -0.1) is 0 Å². The van der Waals surface area contributed by atoms with Crippen LogP contribution >= 0.6 is 0 Å². The molecule has 0 spiro atoms. The molecular formula is C10H14N6O. The molecule has 0 unspecified atom stereocenters. The predicted molar refractivity (Wildman–Crippen MR) is 64.0 cm³/mol. The summed E-state index contributed by atoms with van der Waals surface area (Å²) in [5.74, 6) is -0.0833. The van der Waals surface area contributed by atoms with Gasteiger partial charge in [0.05, 0.1) is 18.4 Å². The summed E-state index contributed by atoms with van der Waals surface area (Å²) in [5.41, 5.74) is 14.7. The molecule has 7 heteroatoms. The Labute approximate surface area is 98.7 Å². The summed E-state index contributed by atoms with van der Waals surface area (Å²) in [6, 6.07) is 3.42. The molecule has 0 aliphatic carbocycles. The first-order valence-corrected chi connectivity index (χ1v) is 5.22. The van der Waals surface area contributed by atoms with Crippen LogP contribution in [-0.4, -0.2) is 17.4 Å². The van der Waals surface area contributed by atoms with Gasteiger partial charge in [-0.2, -0.15) is 0 Å². The average Bonchev–Trinajstić information content (AvgIpc) is 2.35. The van der Waals surface area contributed by atoms with Gasteiger partial charge in [-0.1, -0.05) is 5.11 Å². The molecule has 17 heavy (non-hydrogen) atoms. The van der Waals surface area contributed by atoms with Crippen LogP contribution in [0.25, 0.3) is 10.4 Å². The summed E-state index contributed by atoms with van der Waals surface area (Å²) in [4.78, 5) is 18.1. The lowest BCUT2D eigenvalue weighted by molar-refractivity contribution is -0.116. The number of nitrogens with zero attached hydrogens (tertiary/aromatic N) is 4. The van der Waals surface area contributed by atoms with E-state index >= 15 is 0 Å². The van der Waals surface area contributed by atoms with Crippen LogP contribution in [0.2, 0.25) is 0 Å². The van der Waals surface area contributed by atoms with Crippen molar-refractivity contribution in [2.24, 2.45) is 10.8 Å². The summed E-state index contributed by atoms with van der Waals surface area (Å²) in [6.45, 7) is 0.703. The third-order valence-electron chi connectivity index (χ3n) is 2.01. The number of hydrogen-bond donors (Lipinski definition) is 2.